The Morgan fingerprint density at radius 3 is 2.14 bits per heavy atom. The van der Waals surface area contributed by atoms with E-state index in [-0.39, 0.29) is 21.9 Å². The number of rotatable bonds is 9. The Labute approximate surface area is 133 Å². The first-order valence-corrected chi connectivity index (χ1v) is 8.69. The molecule has 0 aromatic rings. The van der Waals surface area contributed by atoms with Gasteiger partial charge in [0, 0.05) is 38.2 Å². The van der Waals surface area contributed by atoms with Gasteiger partial charge in [-0.25, -0.2) is 0 Å². The van der Waals surface area contributed by atoms with Gasteiger partial charge in [0.15, 0.2) is 10.2 Å². The molecule has 0 heterocycles. The van der Waals surface area contributed by atoms with Crippen molar-refractivity contribution in [2.75, 3.05) is 5.75 Å². The highest BCUT2D eigenvalue weighted by Crippen LogP contribution is 2.23. The average molecular weight is 334 g/mol. The van der Waals surface area contributed by atoms with E-state index in [1.54, 1.807) is 0 Å². The van der Waals surface area contributed by atoms with Gasteiger partial charge in [-0.3, -0.25) is 19.2 Å². The van der Waals surface area contributed by atoms with Crippen LogP contribution in [0.3, 0.4) is 0 Å². The summed E-state index contributed by atoms with van der Waals surface area (Å²) in [5.41, 5.74) is 0. The van der Waals surface area contributed by atoms with Crippen molar-refractivity contribution in [1.82, 2.24) is 0 Å². The van der Waals surface area contributed by atoms with Crippen LogP contribution in [0.1, 0.15) is 52.9 Å². The summed E-state index contributed by atoms with van der Waals surface area (Å²) in [6.45, 7) is 4.25. The van der Waals surface area contributed by atoms with Gasteiger partial charge in [-0.15, -0.1) is 0 Å². The molecule has 0 amide bonds. The Hall–Kier alpha value is -0.820. The van der Waals surface area contributed by atoms with E-state index in [2.05, 4.69) is 4.74 Å². The quantitative estimate of drug-likeness (QED) is 0.364. The van der Waals surface area contributed by atoms with Gasteiger partial charge in [0.2, 0.25) is 0 Å². The largest absolute Gasteiger partial charge is 0.393 e. The first-order valence-electron chi connectivity index (χ1n) is 6.83. The topological polar surface area (TPSA) is 77.5 Å². The maximum Gasteiger partial charge on any atom is 0.313 e. The van der Waals surface area contributed by atoms with Gasteiger partial charge >= 0.3 is 11.9 Å². The van der Waals surface area contributed by atoms with Gasteiger partial charge in [0.25, 0.3) is 0 Å². The zero-order valence-electron chi connectivity index (χ0n) is 12.7. The zero-order valence-corrected chi connectivity index (χ0v) is 14.3. The zero-order chi connectivity index (χ0) is 16.3. The van der Waals surface area contributed by atoms with Crippen LogP contribution in [0.4, 0.5) is 0 Å². The second-order valence-electron chi connectivity index (χ2n) is 4.57. The number of ether oxygens (including phenoxy) is 1. The summed E-state index contributed by atoms with van der Waals surface area (Å²) in [5, 5.41) is 0.301. The number of esters is 2. The van der Waals surface area contributed by atoms with Crippen LogP contribution in [-0.4, -0.2) is 33.2 Å². The summed E-state index contributed by atoms with van der Waals surface area (Å²) in [4.78, 5) is 43.8. The van der Waals surface area contributed by atoms with E-state index in [0.29, 0.717) is 12.2 Å². The highest BCUT2D eigenvalue weighted by molar-refractivity contribution is 8.14. The minimum absolute atomic E-state index is 0.0591. The predicted molar refractivity (Wildman–Crippen MR) is 85.1 cm³/mol. The molecule has 0 rings (SSSR count). The molecule has 0 bridgehead atoms. The number of hydrogen-bond donors (Lipinski definition) is 0. The van der Waals surface area contributed by atoms with E-state index < -0.39 is 11.9 Å². The number of unbranched alkanes of at least 4 members (excludes halogenated alkanes) is 1. The molecule has 0 saturated heterocycles. The lowest BCUT2D eigenvalue weighted by Crippen LogP contribution is -2.10. The van der Waals surface area contributed by atoms with Crippen LogP contribution in [0.15, 0.2) is 0 Å². The van der Waals surface area contributed by atoms with Crippen molar-refractivity contribution >= 4 is 45.7 Å². The molecular formula is C14H22O5S2. The molecule has 5 nitrogen and oxygen atoms in total. The third kappa shape index (κ3) is 13.9. The maximum atomic E-state index is 11.2. The summed E-state index contributed by atoms with van der Waals surface area (Å²) in [5.74, 6) is -0.399. The molecule has 0 aromatic carbocycles. The minimum Gasteiger partial charge on any atom is -0.393 e. The molecule has 0 radical (unpaired) electrons. The molecule has 0 aliphatic heterocycles. The van der Waals surface area contributed by atoms with Crippen molar-refractivity contribution in [2.45, 2.75) is 58.1 Å². The van der Waals surface area contributed by atoms with Gasteiger partial charge in [-0.1, -0.05) is 29.9 Å². The molecule has 0 aliphatic rings. The molecule has 0 spiro atoms. The fraction of sp³-hybridized carbons (Fsp3) is 0.714. The summed E-state index contributed by atoms with van der Waals surface area (Å²) in [6, 6.07) is 0. The van der Waals surface area contributed by atoms with Crippen molar-refractivity contribution in [2.24, 2.45) is 0 Å². The first kappa shape index (κ1) is 20.2. The van der Waals surface area contributed by atoms with E-state index in [9.17, 15) is 19.2 Å². The normalized spacial score (nSPS) is 11.8. The van der Waals surface area contributed by atoms with Crippen molar-refractivity contribution < 1.29 is 23.9 Å². The lowest BCUT2D eigenvalue weighted by Gasteiger charge is -2.13. The van der Waals surface area contributed by atoms with Gasteiger partial charge in [-0.2, -0.15) is 0 Å². The van der Waals surface area contributed by atoms with Crippen molar-refractivity contribution in [3.8, 4) is 0 Å². The Morgan fingerprint density at radius 2 is 1.62 bits per heavy atom. The monoisotopic (exact) mass is 334 g/mol. The summed E-state index contributed by atoms with van der Waals surface area (Å²) >= 11 is 2.55. The van der Waals surface area contributed by atoms with Crippen LogP contribution in [0.25, 0.3) is 0 Å². The Kier molecular flexibility index (Phi) is 11.3. The average Bonchev–Trinajstić information content (AvgIpc) is 2.32. The summed E-state index contributed by atoms with van der Waals surface area (Å²) in [7, 11) is 0. The number of hydrogen-bond acceptors (Lipinski definition) is 7. The lowest BCUT2D eigenvalue weighted by atomic mass is 10.1. The molecule has 0 fully saturated rings. The fourth-order valence-electron chi connectivity index (χ4n) is 1.68. The number of thioether (sulfide) groups is 2. The van der Waals surface area contributed by atoms with E-state index >= 15 is 0 Å². The van der Waals surface area contributed by atoms with Crippen molar-refractivity contribution in [3.63, 3.8) is 0 Å². The molecule has 0 N–H and O–H groups in total. The molecule has 0 saturated carbocycles. The van der Waals surface area contributed by atoms with E-state index in [1.165, 1.54) is 44.3 Å². The third-order valence-corrected chi connectivity index (χ3v) is 4.48. The molecule has 0 aliphatic carbocycles. The maximum absolute atomic E-state index is 11.2. The Balaban J connectivity index is 3.94. The van der Waals surface area contributed by atoms with Gasteiger partial charge < -0.3 is 4.74 Å². The van der Waals surface area contributed by atoms with Gasteiger partial charge in [0.05, 0.1) is 0 Å². The molecular weight excluding hydrogens is 312 g/mol. The van der Waals surface area contributed by atoms with Crippen molar-refractivity contribution in [1.29, 1.82) is 0 Å². The third-order valence-electron chi connectivity index (χ3n) is 2.49. The molecule has 21 heavy (non-hydrogen) atoms. The van der Waals surface area contributed by atoms with Crippen LogP contribution in [0.2, 0.25) is 0 Å². The molecule has 1 atom stereocenters. The fourth-order valence-corrected chi connectivity index (χ4v) is 3.51. The number of carbonyl (C=O) groups is 4. The summed E-state index contributed by atoms with van der Waals surface area (Å²) < 4.78 is 4.44. The van der Waals surface area contributed by atoms with E-state index in [1.807, 2.05) is 0 Å². The van der Waals surface area contributed by atoms with Gasteiger partial charge in [-0.05, 0) is 19.3 Å². The van der Waals surface area contributed by atoms with Crippen LogP contribution in [0, 0.1) is 0 Å². The van der Waals surface area contributed by atoms with Crippen LogP contribution >= 0.6 is 23.5 Å². The standard InChI is InChI=1S/C14H22O5S2/c1-10(15)19-14(18)7-5-4-6-13(21-12(3)17)8-9-20-11(2)16/h13H,4-9H2,1-3H3. The second kappa shape index (κ2) is 11.8. The highest BCUT2D eigenvalue weighted by Gasteiger charge is 2.13. The Morgan fingerprint density at radius 1 is 0.952 bits per heavy atom. The minimum atomic E-state index is -0.591. The van der Waals surface area contributed by atoms with Crippen LogP contribution < -0.4 is 0 Å². The van der Waals surface area contributed by atoms with Gasteiger partial charge in [0.1, 0.15) is 0 Å². The molecule has 0 aromatic heterocycles. The number of carbonyl (C=O) groups excluding carboxylic acids is 4. The van der Waals surface area contributed by atoms with E-state index in [4.69, 9.17) is 0 Å². The highest BCUT2D eigenvalue weighted by atomic mass is 32.2. The first-order chi connectivity index (χ1) is 9.81. The Bertz CT molecular complexity index is 382. The van der Waals surface area contributed by atoms with Crippen molar-refractivity contribution in [3.05, 3.63) is 0 Å². The second-order valence-corrected chi connectivity index (χ2v) is 7.32. The molecule has 1 unspecified atom stereocenters. The summed E-state index contributed by atoms with van der Waals surface area (Å²) in [6.07, 6.45) is 3.20. The lowest BCUT2D eigenvalue weighted by molar-refractivity contribution is -0.158. The SMILES string of the molecule is CC(=O)OC(=O)CCCCC(CCSC(C)=O)SC(C)=O. The van der Waals surface area contributed by atoms with Crippen LogP contribution in [-0.2, 0) is 23.9 Å². The smallest absolute Gasteiger partial charge is 0.313 e. The van der Waals surface area contributed by atoms with Crippen LogP contribution in [0.5, 0.6) is 0 Å². The predicted octanol–water partition coefficient (Wildman–Crippen LogP) is 2.95. The van der Waals surface area contributed by atoms with E-state index in [0.717, 1.165) is 19.3 Å². The molecule has 7 heteroatoms. The molecule has 120 valence electrons.